The van der Waals surface area contributed by atoms with Gasteiger partial charge in [-0.15, -0.1) is 13.2 Å². The molecule has 130 valence electrons. The molecule has 0 saturated heterocycles. The SMILES string of the molecule is CCCC(CCO)CN=C(N)Nc1ccccc1OC(F)(F)F. The lowest BCUT2D eigenvalue weighted by atomic mass is 10.0. The zero-order chi connectivity index (χ0) is 17.3. The van der Waals surface area contributed by atoms with Crippen LogP contribution in [0.25, 0.3) is 0 Å². The van der Waals surface area contributed by atoms with E-state index in [2.05, 4.69) is 15.0 Å². The predicted octanol–water partition coefficient (Wildman–Crippen LogP) is 3.11. The Balaban J connectivity index is 2.72. The Morgan fingerprint density at radius 1 is 1.35 bits per heavy atom. The van der Waals surface area contributed by atoms with Crippen LogP contribution in [0.4, 0.5) is 18.9 Å². The summed E-state index contributed by atoms with van der Waals surface area (Å²) in [5, 5.41) is 11.6. The Bertz CT molecular complexity index is 501. The molecule has 0 amide bonds. The molecule has 0 radical (unpaired) electrons. The molecule has 0 saturated carbocycles. The van der Waals surface area contributed by atoms with Gasteiger partial charge in [-0.25, -0.2) is 0 Å². The van der Waals surface area contributed by atoms with Crippen LogP contribution in [0.15, 0.2) is 29.3 Å². The van der Waals surface area contributed by atoms with Crippen molar-refractivity contribution >= 4 is 11.6 Å². The highest BCUT2D eigenvalue weighted by atomic mass is 19.4. The summed E-state index contributed by atoms with van der Waals surface area (Å²) in [7, 11) is 0. The number of nitrogens with two attached hydrogens (primary N) is 1. The first-order valence-corrected chi connectivity index (χ1v) is 7.38. The van der Waals surface area contributed by atoms with E-state index in [1.807, 2.05) is 6.92 Å². The van der Waals surface area contributed by atoms with Crippen LogP contribution in [0, 0.1) is 5.92 Å². The van der Waals surface area contributed by atoms with E-state index in [0.29, 0.717) is 13.0 Å². The fourth-order valence-corrected chi connectivity index (χ4v) is 2.11. The van der Waals surface area contributed by atoms with E-state index in [-0.39, 0.29) is 29.9 Å². The fourth-order valence-electron chi connectivity index (χ4n) is 2.11. The number of anilines is 1. The lowest BCUT2D eigenvalue weighted by Crippen LogP contribution is -2.25. The van der Waals surface area contributed by atoms with E-state index in [9.17, 15) is 13.2 Å². The minimum atomic E-state index is -4.78. The molecule has 0 aliphatic heterocycles. The molecule has 0 aliphatic carbocycles. The van der Waals surface area contributed by atoms with E-state index in [1.165, 1.54) is 18.2 Å². The van der Waals surface area contributed by atoms with Crippen LogP contribution in [-0.4, -0.2) is 30.6 Å². The maximum Gasteiger partial charge on any atom is 0.573 e. The normalized spacial score (nSPS) is 13.7. The molecule has 1 aromatic carbocycles. The highest BCUT2D eigenvalue weighted by Crippen LogP contribution is 2.29. The lowest BCUT2D eigenvalue weighted by Gasteiger charge is -2.15. The first-order valence-electron chi connectivity index (χ1n) is 7.38. The van der Waals surface area contributed by atoms with Gasteiger partial charge in [-0.2, -0.15) is 0 Å². The lowest BCUT2D eigenvalue weighted by molar-refractivity contribution is -0.274. The third-order valence-corrected chi connectivity index (χ3v) is 3.13. The van der Waals surface area contributed by atoms with Gasteiger partial charge < -0.3 is 20.9 Å². The molecular weight excluding hydrogens is 311 g/mol. The molecule has 5 nitrogen and oxygen atoms in total. The quantitative estimate of drug-likeness (QED) is 0.504. The number of alkyl halides is 3. The van der Waals surface area contributed by atoms with Crippen molar-refractivity contribution in [3.8, 4) is 5.75 Å². The number of hydrogen-bond donors (Lipinski definition) is 3. The van der Waals surface area contributed by atoms with Crippen molar-refractivity contribution in [2.24, 2.45) is 16.6 Å². The maximum atomic E-state index is 12.3. The van der Waals surface area contributed by atoms with Crippen molar-refractivity contribution in [2.75, 3.05) is 18.5 Å². The molecule has 8 heteroatoms. The summed E-state index contributed by atoms with van der Waals surface area (Å²) >= 11 is 0. The van der Waals surface area contributed by atoms with E-state index in [4.69, 9.17) is 10.8 Å². The zero-order valence-corrected chi connectivity index (χ0v) is 12.9. The second kappa shape index (κ2) is 9.24. The number of hydrogen-bond acceptors (Lipinski definition) is 3. The molecule has 0 aromatic heterocycles. The molecule has 1 unspecified atom stereocenters. The van der Waals surface area contributed by atoms with Gasteiger partial charge in [-0.3, -0.25) is 4.99 Å². The van der Waals surface area contributed by atoms with E-state index >= 15 is 0 Å². The van der Waals surface area contributed by atoms with Crippen LogP contribution in [0.1, 0.15) is 26.2 Å². The Labute approximate surface area is 133 Å². The van der Waals surface area contributed by atoms with Crippen molar-refractivity contribution < 1.29 is 23.0 Å². The Morgan fingerprint density at radius 3 is 2.65 bits per heavy atom. The molecule has 1 rings (SSSR count). The van der Waals surface area contributed by atoms with E-state index in [1.54, 1.807) is 6.07 Å². The number of aliphatic hydroxyl groups excluding tert-OH is 1. The van der Waals surface area contributed by atoms with Crippen molar-refractivity contribution in [3.05, 3.63) is 24.3 Å². The number of nitrogens with one attached hydrogen (secondary N) is 1. The van der Waals surface area contributed by atoms with Crippen LogP contribution in [0.5, 0.6) is 5.75 Å². The summed E-state index contributed by atoms with van der Waals surface area (Å²) < 4.78 is 41.0. The van der Waals surface area contributed by atoms with Crippen LogP contribution in [0.3, 0.4) is 0 Å². The van der Waals surface area contributed by atoms with E-state index in [0.717, 1.165) is 12.8 Å². The van der Waals surface area contributed by atoms with Crippen molar-refractivity contribution in [3.63, 3.8) is 0 Å². The average Bonchev–Trinajstić information content (AvgIpc) is 2.46. The molecule has 0 aliphatic rings. The van der Waals surface area contributed by atoms with E-state index < -0.39 is 6.36 Å². The summed E-state index contributed by atoms with van der Waals surface area (Å²) in [6, 6.07) is 5.60. The number of aliphatic imine (C=N–C) groups is 1. The molecule has 1 aromatic rings. The van der Waals surface area contributed by atoms with Gasteiger partial charge in [0.15, 0.2) is 11.7 Å². The number of rotatable bonds is 8. The van der Waals surface area contributed by atoms with Gasteiger partial charge >= 0.3 is 6.36 Å². The molecule has 23 heavy (non-hydrogen) atoms. The maximum absolute atomic E-state index is 12.3. The topological polar surface area (TPSA) is 79.9 Å². The van der Waals surface area contributed by atoms with Gasteiger partial charge in [0.1, 0.15) is 0 Å². The molecular formula is C15H22F3N3O2. The number of aliphatic hydroxyl groups is 1. The first-order chi connectivity index (χ1) is 10.9. The molecule has 0 spiro atoms. The first kappa shape index (κ1) is 19.1. The zero-order valence-electron chi connectivity index (χ0n) is 12.9. The summed E-state index contributed by atoms with van der Waals surface area (Å²) in [5.74, 6) is -0.187. The van der Waals surface area contributed by atoms with Crippen molar-refractivity contribution in [1.29, 1.82) is 0 Å². The molecule has 0 bridgehead atoms. The predicted molar refractivity (Wildman–Crippen MR) is 83.3 cm³/mol. The van der Waals surface area contributed by atoms with Crippen molar-refractivity contribution in [1.82, 2.24) is 0 Å². The van der Waals surface area contributed by atoms with Crippen LogP contribution < -0.4 is 15.8 Å². The highest BCUT2D eigenvalue weighted by molar-refractivity contribution is 5.93. The molecule has 1 atom stereocenters. The second-order valence-corrected chi connectivity index (χ2v) is 5.06. The van der Waals surface area contributed by atoms with Gasteiger partial charge in [0.25, 0.3) is 0 Å². The third-order valence-electron chi connectivity index (χ3n) is 3.13. The fraction of sp³-hybridized carbons (Fsp3) is 0.533. The number of halogens is 3. The number of nitrogens with zero attached hydrogens (tertiary/aromatic N) is 1. The van der Waals surface area contributed by atoms with Gasteiger partial charge in [0.05, 0.1) is 5.69 Å². The van der Waals surface area contributed by atoms with Crippen LogP contribution in [-0.2, 0) is 0 Å². The van der Waals surface area contributed by atoms with Gasteiger partial charge in [0, 0.05) is 13.2 Å². The third kappa shape index (κ3) is 7.73. The second-order valence-electron chi connectivity index (χ2n) is 5.06. The minimum Gasteiger partial charge on any atom is -0.404 e. The molecule has 0 heterocycles. The van der Waals surface area contributed by atoms with Gasteiger partial charge in [-0.05, 0) is 30.9 Å². The monoisotopic (exact) mass is 333 g/mol. The van der Waals surface area contributed by atoms with Crippen molar-refractivity contribution in [2.45, 2.75) is 32.5 Å². The summed E-state index contributed by atoms with van der Waals surface area (Å²) in [5.41, 5.74) is 5.80. The highest BCUT2D eigenvalue weighted by Gasteiger charge is 2.32. The number of guanidine groups is 1. The van der Waals surface area contributed by atoms with Gasteiger partial charge in [0.2, 0.25) is 0 Å². The average molecular weight is 333 g/mol. The van der Waals surface area contributed by atoms with Crippen LogP contribution >= 0.6 is 0 Å². The molecule has 4 N–H and O–H groups in total. The summed E-state index contributed by atoms with van der Waals surface area (Å²) in [6.45, 7) is 2.49. The van der Waals surface area contributed by atoms with Crippen LogP contribution in [0.2, 0.25) is 0 Å². The Morgan fingerprint density at radius 2 is 2.04 bits per heavy atom. The Hall–Kier alpha value is -1.96. The Kier molecular flexibility index (Phi) is 7.67. The summed E-state index contributed by atoms with van der Waals surface area (Å²) in [6.07, 6.45) is -2.32. The number of ether oxygens (including phenoxy) is 1. The summed E-state index contributed by atoms with van der Waals surface area (Å²) in [4.78, 5) is 4.13. The largest absolute Gasteiger partial charge is 0.573 e. The number of para-hydroxylation sites is 2. The van der Waals surface area contributed by atoms with Gasteiger partial charge in [-0.1, -0.05) is 25.5 Å². The standard InChI is InChI=1S/C15H22F3N3O2/c1-2-5-11(8-9-22)10-20-14(19)21-12-6-3-4-7-13(12)23-15(16,17)18/h3-4,6-7,11,22H,2,5,8-10H2,1H3,(H3,19,20,21). The smallest absolute Gasteiger partial charge is 0.404 e. The molecule has 0 fully saturated rings. The minimum absolute atomic E-state index is 0.00210. The number of benzene rings is 1.